The van der Waals surface area contributed by atoms with Crippen molar-refractivity contribution in [1.29, 1.82) is 0 Å². The van der Waals surface area contributed by atoms with E-state index in [-0.39, 0.29) is 0 Å². The Labute approximate surface area is 93.9 Å². The Morgan fingerprint density at radius 1 is 0.938 bits per heavy atom. The Morgan fingerprint density at radius 3 is 2.19 bits per heavy atom. The van der Waals surface area contributed by atoms with Crippen molar-refractivity contribution in [3.8, 4) is 0 Å². The summed E-state index contributed by atoms with van der Waals surface area (Å²) in [6.45, 7) is 0. The maximum atomic E-state index is 5.54. The molecule has 16 heavy (non-hydrogen) atoms. The molecule has 1 heterocycles. The van der Waals surface area contributed by atoms with Crippen LogP contribution in [0, 0.1) is 0 Å². The van der Waals surface area contributed by atoms with Gasteiger partial charge in [0.25, 0.3) is 0 Å². The summed E-state index contributed by atoms with van der Waals surface area (Å²) in [5.74, 6) is 0. The second-order valence-corrected chi connectivity index (χ2v) is 3.33. The van der Waals surface area contributed by atoms with Crippen LogP contribution in [0.3, 0.4) is 0 Å². The van der Waals surface area contributed by atoms with Crippen LogP contribution in [-0.4, -0.2) is 9.97 Å². The number of nitrogens with zero attached hydrogens (tertiary/aromatic N) is 1. The predicted molar refractivity (Wildman–Crippen MR) is 66.9 cm³/mol. The fourth-order valence-corrected chi connectivity index (χ4v) is 1.34. The lowest BCUT2D eigenvalue weighted by atomic mass is 10.3. The second-order valence-electron chi connectivity index (χ2n) is 3.33. The highest BCUT2D eigenvalue weighted by molar-refractivity contribution is 5.77. The van der Waals surface area contributed by atoms with Gasteiger partial charge in [-0.05, 0) is 18.2 Å². The molecule has 0 saturated carbocycles. The van der Waals surface area contributed by atoms with Gasteiger partial charge in [0, 0.05) is 5.69 Å². The van der Waals surface area contributed by atoms with Gasteiger partial charge in [-0.25, -0.2) is 4.98 Å². The molecule has 3 rings (SSSR count). The quantitative estimate of drug-likeness (QED) is 0.562. The average molecular weight is 211 g/mol. The molecule has 0 spiro atoms. The first-order valence-electron chi connectivity index (χ1n) is 5.05. The summed E-state index contributed by atoms with van der Waals surface area (Å²) < 4.78 is 0. The molecule has 0 fully saturated rings. The van der Waals surface area contributed by atoms with Crippen LogP contribution in [0.15, 0.2) is 60.9 Å². The first-order chi connectivity index (χ1) is 7.86. The lowest BCUT2D eigenvalue weighted by Crippen LogP contribution is -1.82. The molecule has 3 nitrogen and oxygen atoms in total. The fraction of sp³-hybridized carbons (Fsp3) is 0. The maximum absolute atomic E-state index is 5.54. The molecule has 0 unspecified atom stereocenters. The smallest absolute Gasteiger partial charge is 0.0931 e. The van der Waals surface area contributed by atoms with Gasteiger partial charge in [0.2, 0.25) is 0 Å². The van der Waals surface area contributed by atoms with Crippen LogP contribution < -0.4 is 5.73 Å². The Morgan fingerprint density at radius 2 is 1.56 bits per heavy atom. The molecule has 0 bridgehead atoms. The van der Waals surface area contributed by atoms with Crippen molar-refractivity contribution < 1.29 is 0 Å². The normalized spacial score (nSPS) is 9.50. The van der Waals surface area contributed by atoms with E-state index in [1.54, 1.807) is 6.33 Å². The van der Waals surface area contributed by atoms with Crippen molar-refractivity contribution in [1.82, 2.24) is 9.97 Å². The van der Waals surface area contributed by atoms with Crippen LogP contribution in [0.1, 0.15) is 0 Å². The molecule has 0 aliphatic carbocycles. The summed E-state index contributed by atoms with van der Waals surface area (Å²) in [4.78, 5) is 7.02. The van der Waals surface area contributed by atoms with Gasteiger partial charge in [-0.15, -0.1) is 0 Å². The zero-order chi connectivity index (χ0) is 11.2. The SMILES string of the molecule is Nc1ccc2nc[nH]c2c1.c1ccccc1. The summed E-state index contributed by atoms with van der Waals surface area (Å²) in [6.07, 6.45) is 1.66. The molecule has 0 amide bonds. The number of fused-ring (bicyclic) bond motifs is 1. The molecule has 3 aromatic rings. The van der Waals surface area contributed by atoms with E-state index < -0.39 is 0 Å². The number of H-pyrrole nitrogens is 1. The minimum Gasteiger partial charge on any atom is -0.399 e. The van der Waals surface area contributed by atoms with Gasteiger partial charge in [0.1, 0.15) is 0 Å². The van der Waals surface area contributed by atoms with Gasteiger partial charge in [-0.2, -0.15) is 0 Å². The molecule has 80 valence electrons. The lowest BCUT2D eigenvalue weighted by molar-refractivity contribution is 1.34. The van der Waals surface area contributed by atoms with Crippen LogP contribution in [0.25, 0.3) is 11.0 Å². The molecule has 3 heteroatoms. The summed E-state index contributed by atoms with van der Waals surface area (Å²) in [7, 11) is 0. The van der Waals surface area contributed by atoms with E-state index in [4.69, 9.17) is 5.73 Å². The highest BCUT2D eigenvalue weighted by atomic mass is 14.9. The third kappa shape index (κ3) is 2.60. The van der Waals surface area contributed by atoms with Crippen molar-refractivity contribution >= 4 is 16.7 Å². The lowest BCUT2D eigenvalue weighted by Gasteiger charge is -1.89. The number of nitrogens with one attached hydrogen (secondary N) is 1. The van der Waals surface area contributed by atoms with E-state index in [0.717, 1.165) is 16.7 Å². The number of anilines is 1. The van der Waals surface area contributed by atoms with Crippen LogP contribution in [0.2, 0.25) is 0 Å². The number of imidazole rings is 1. The molecule has 2 aromatic carbocycles. The van der Waals surface area contributed by atoms with Gasteiger partial charge in [0.05, 0.1) is 17.4 Å². The summed E-state index contributed by atoms with van der Waals surface area (Å²) in [5, 5.41) is 0. The highest BCUT2D eigenvalue weighted by Gasteiger charge is 1.92. The van der Waals surface area contributed by atoms with E-state index in [0.29, 0.717) is 0 Å². The fourth-order valence-electron chi connectivity index (χ4n) is 1.34. The topological polar surface area (TPSA) is 54.7 Å². The summed E-state index contributed by atoms with van der Waals surface area (Å²) in [5.41, 5.74) is 8.24. The Hall–Kier alpha value is -2.29. The number of nitrogens with two attached hydrogens (primary N) is 1. The Balaban J connectivity index is 0.000000138. The molecule has 0 aliphatic heterocycles. The third-order valence-corrected chi connectivity index (χ3v) is 2.11. The largest absolute Gasteiger partial charge is 0.399 e. The molecular weight excluding hydrogens is 198 g/mol. The third-order valence-electron chi connectivity index (χ3n) is 2.11. The number of hydrogen-bond donors (Lipinski definition) is 2. The minimum absolute atomic E-state index is 0.761. The van der Waals surface area contributed by atoms with Crippen LogP contribution in [0.5, 0.6) is 0 Å². The van der Waals surface area contributed by atoms with Crippen molar-refractivity contribution in [3.63, 3.8) is 0 Å². The van der Waals surface area contributed by atoms with E-state index in [1.165, 1.54) is 0 Å². The van der Waals surface area contributed by atoms with Crippen LogP contribution in [0.4, 0.5) is 5.69 Å². The monoisotopic (exact) mass is 211 g/mol. The predicted octanol–water partition coefficient (Wildman–Crippen LogP) is 2.83. The first-order valence-corrected chi connectivity index (χ1v) is 5.05. The summed E-state index contributed by atoms with van der Waals surface area (Å²) in [6, 6.07) is 17.6. The zero-order valence-corrected chi connectivity index (χ0v) is 8.80. The Kier molecular flexibility index (Phi) is 3.18. The van der Waals surface area contributed by atoms with E-state index in [9.17, 15) is 0 Å². The highest BCUT2D eigenvalue weighted by Crippen LogP contribution is 2.11. The van der Waals surface area contributed by atoms with Crippen molar-refractivity contribution in [2.75, 3.05) is 5.73 Å². The molecule has 0 saturated heterocycles. The maximum Gasteiger partial charge on any atom is 0.0931 e. The van der Waals surface area contributed by atoms with Crippen LogP contribution in [-0.2, 0) is 0 Å². The van der Waals surface area contributed by atoms with Crippen LogP contribution >= 0.6 is 0 Å². The number of rotatable bonds is 0. The second kappa shape index (κ2) is 4.98. The van der Waals surface area contributed by atoms with E-state index in [2.05, 4.69) is 9.97 Å². The zero-order valence-electron chi connectivity index (χ0n) is 8.80. The molecule has 1 aromatic heterocycles. The number of hydrogen-bond acceptors (Lipinski definition) is 2. The first kappa shape index (κ1) is 10.2. The Bertz CT molecular complexity index is 516. The van der Waals surface area contributed by atoms with Crippen molar-refractivity contribution in [3.05, 3.63) is 60.9 Å². The van der Waals surface area contributed by atoms with Crippen molar-refractivity contribution in [2.24, 2.45) is 0 Å². The van der Waals surface area contributed by atoms with Gasteiger partial charge >= 0.3 is 0 Å². The van der Waals surface area contributed by atoms with E-state index >= 15 is 0 Å². The van der Waals surface area contributed by atoms with Gasteiger partial charge in [-0.1, -0.05) is 36.4 Å². The van der Waals surface area contributed by atoms with E-state index in [1.807, 2.05) is 54.6 Å². The van der Waals surface area contributed by atoms with Gasteiger partial charge < -0.3 is 10.7 Å². The standard InChI is InChI=1S/C7H7N3.C6H6/c8-5-1-2-6-7(3-5)10-4-9-6;1-2-4-6-5-3-1/h1-4H,8H2,(H,9,10);1-6H. The van der Waals surface area contributed by atoms with Gasteiger partial charge in [-0.3, -0.25) is 0 Å². The number of aromatic nitrogens is 2. The van der Waals surface area contributed by atoms with Gasteiger partial charge in [0.15, 0.2) is 0 Å². The number of nitrogen functional groups attached to an aromatic ring is 1. The summed E-state index contributed by atoms with van der Waals surface area (Å²) >= 11 is 0. The van der Waals surface area contributed by atoms with Crippen molar-refractivity contribution in [2.45, 2.75) is 0 Å². The molecule has 0 atom stereocenters. The molecule has 0 radical (unpaired) electrons. The molecule has 3 N–H and O–H groups in total. The number of aromatic amines is 1. The minimum atomic E-state index is 0.761. The molecule has 0 aliphatic rings. The average Bonchev–Trinajstić information content (AvgIpc) is 2.79. The molecular formula is C13H13N3. The number of benzene rings is 2.